The van der Waals surface area contributed by atoms with E-state index in [2.05, 4.69) is 18.3 Å². The predicted octanol–water partition coefficient (Wildman–Crippen LogP) is 2.31. The second kappa shape index (κ2) is 3.86. The molecule has 2 N–H and O–H groups in total. The van der Waals surface area contributed by atoms with Crippen LogP contribution in [0.4, 0.5) is 0 Å². The molecule has 0 bridgehead atoms. The first-order chi connectivity index (χ1) is 8.17. The van der Waals surface area contributed by atoms with Gasteiger partial charge in [0.05, 0.1) is 0 Å². The van der Waals surface area contributed by atoms with E-state index >= 15 is 0 Å². The molecule has 17 heavy (non-hydrogen) atoms. The summed E-state index contributed by atoms with van der Waals surface area (Å²) in [5.41, 5.74) is 1.28. The maximum absolute atomic E-state index is 10.6. The molecule has 2 aromatic rings. The van der Waals surface area contributed by atoms with E-state index in [1.807, 2.05) is 18.2 Å². The molecule has 0 atom stereocenters. The van der Waals surface area contributed by atoms with Crippen LogP contribution in [0.1, 0.15) is 24.2 Å². The number of hydrogen-bond donors (Lipinski definition) is 2. The van der Waals surface area contributed by atoms with E-state index in [0.29, 0.717) is 18.6 Å². The average Bonchev–Trinajstić information content (AvgIpc) is 2.73. The fraction of sp³-hybridized carbons (Fsp3) is 0.429. The van der Waals surface area contributed by atoms with Gasteiger partial charge < -0.3 is 14.8 Å². The number of nitrogens with one attached hydrogen (secondary N) is 1. The van der Waals surface area contributed by atoms with Crippen LogP contribution in [0.2, 0.25) is 0 Å². The lowest BCUT2D eigenvalue weighted by Gasteiger charge is -2.30. The number of furan rings is 1. The monoisotopic (exact) mass is 231 g/mol. The Labute approximate surface area is 100 Å². The highest BCUT2D eigenvalue weighted by atomic mass is 16.4. The van der Waals surface area contributed by atoms with Crippen LogP contribution in [0.15, 0.2) is 28.7 Å². The van der Waals surface area contributed by atoms with Crippen molar-refractivity contribution in [1.29, 1.82) is 0 Å². The number of fused-ring (bicyclic) bond motifs is 1. The van der Waals surface area contributed by atoms with Crippen molar-refractivity contribution in [2.24, 2.45) is 0 Å². The van der Waals surface area contributed by atoms with Gasteiger partial charge in [0.25, 0.3) is 0 Å². The van der Waals surface area contributed by atoms with Crippen molar-refractivity contribution in [2.75, 3.05) is 13.1 Å². The summed E-state index contributed by atoms with van der Waals surface area (Å²) in [6, 6.07) is 8.07. The Morgan fingerprint density at radius 3 is 2.76 bits per heavy atom. The first-order valence-corrected chi connectivity index (χ1v) is 6.11. The normalized spacial score (nSPS) is 19.6. The van der Waals surface area contributed by atoms with Gasteiger partial charge in [-0.25, -0.2) is 0 Å². The zero-order valence-electron chi connectivity index (χ0n) is 9.99. The summed E-state index contributed by atoms with van der Waals surface area (Å²) in [7, 11) is 0. The highest BCUT2D eigenvalue weighted by Crippen LogP contribution is 2.34. The molecule has 0 saturated carbocycles. The summed E-state index contributed by atoms with van der Waals surface area (Å²) in [5, 5.41) is 14.9. The standard InChI is InChI=1S/C14H17NO2/c1-10-2-3-12-11(8-10)9-13(17-12)14(16)4-6-15-7-5-14/h2-3,8-9,15-16H,4-7H2,1H3. The van der Waals surface area contributed by atoms with Crippen LogP contribution in [-0.4, -0.2) is 18.2 Å². The number of hydrogen-bond acceptors (Lipinski definition) is 3. The van der Waals surface area contributed by atoms with E-state index in [-0.39, 0.29) is 0 Å². The van der Waals surface area contributed by atoms with Gasteiger partial charge in [-0.05, 0) is 51.1 Å². The highest BCUT2D eigenvalue weighted by Gasteiger charge is 2.34. The summed E-state index contributed by atoms with van der Waals surface area (Å²) in [6.07, 6.45) is 1.43. The van der Waals surface area contributed by atoms with Gasteiger partial charge in [0.15, 0.2) is 0 Å². The molecule has 2 heterocycles. The van der Waals surface area contributed by atoms with Gasteiger partial charge in [0, 0.05) is 5.39 Å². The third-order valence-corrected chi connectivity index (χ3v) is 3.56. The third-order valence-electron chi connectivity index (χ3n) is 3.56. The van der Waals surface area contributed by atoms with Crippen molar-refractivity contribution in [3.8, 4) is 0 Å². The van der Waals surface area contributed by atoms with E-state index in [4.69, 9.17) is 4.42 Å². The number of benzene rings is 1. The summed E-state index contributed by atoms with van der Waals surface area (Å²) in [4.78, 5) is 0. The Kier molecular flexibility index (Phi) is 2.45. The lowest BCUT2D eigenvalue weighted by molar-refractivity contribution is -0.0124. The van der Waals surface area contributed by atoms with E-state index in [1.54, 1.807) is 0 Å². The second-order valence-corrected chi connectivity index (χ2v) is 4.93. The van der Waals surface area contributed by atoms with Crippen molar-refractivity contribution in [3.63, 3.8) is 0 Å². The van der Waals surface area contributed by atoms with Crippen LogP contribution >= 0.6 is 0 Å². The van der Waals surface area contributed by atoms with E-state index in [0.717, 1.165) is 24.1 Å². The van der Waals surface area contributed by atoms with E-state index in [9.17, 15) is 5.11 Å². The maximum atomic E-state index is 10.6. The molecule has 1 fully saturated rings. The van der Waals surface area contributed by atoms with Gasteiger partial charge >= 0.3 is 0 Å². The van der Waals surface area contributed by atoms with Crippen molar-refractivity contribution in [3.05, 3.63) is 35.6 Å². The molecule has 1 aliphatic rings. The van der Waals surface area contributed by atoms with Crippen LogP contribution in [0.3, 0.4) is 0 Å². The Balaban J connectivity index is 2.05. The van der Waals surface area contributed by atoms with Gasteiger partial charge in [-0.15, -0.1) is 0 Å². The lowest BCUT2D eigenvalue weighted by atomic mass is 9.90. The number of aliphatic hydroxyl groups is 1. The Morgan fingerprint density at radius 2 is 2.00 bits per heavy atom. The summed E-state index contributed by atoms with van der Waals surface area (Å²) in [5.74, 6) is 0.708. The third kappa shape index (κ3) is 1.85. The smallest absolute Gasteiger partial charge is 0.136 e. The molecule has 1 aliphatic heterocycles. The number of aryl methyl sites for hydroxylation is 1. The summed E-state index contributed by atoms with van der Waals surface area (Å²) >= 11 is 0. The molecule has 0 spiro atoms. The van der Waals surface area contributed by atoms with Crippen molar-refractivity contribution in [2.45, 2.75) is 25.4 Å². The number of piperidine rings is 1. The molecule has 3 heteroatoms. The minimum Gasteiger partial charge on any atom is -0.458 e. The molecule has 1 saturated heterocycles. The Morgan fingerprint density at radius 1 is 1.24 bits per heavy atom. The van der Waals surface area contributed by atoms with E-state index in [1.165, 1.54) is 5.56 Å². The molecular weight excluding hydrogens is 214 g/mol. The fourth-order valence-electron chi connectivity index (χ4n) is 2.48. The van der Waals surface area contributed by atoms with Crippen LogP contribution in [0.25, 0.3) is 11.0 Å². The molecule has 0 amide bonds. The predicted molar refractivity (Wildman–Crippen MR) is 67.0 cm³/mol. The molecule has 0 unspecified atom stereocenters. The number of rotatable bonds is 1. The SMILES string of the molecule is Cc1ccc2oc(C3(O)CCNCC3)cc2c1. The average molecular weight is 231 g/mol. The zero-order valence-corrected chi connectivity index (χ0v) is 9.99. The fourth-order valence-corrected chi connectivity index (χ4v) is 2.48. The van der Waals surface area contributed by atoms with Crippen LogP contribution in [-0.2, 0) is 5.60 Å². The van der Waals surface area contributed by atoms with Gasteiger partial charge in [-0.3, -0.25) is 0 Å². The zero-order chi connectivity index (χ0) is 11.9. The summed E-state index contributed by atoms with van der Waals surface area (Å²) in [6.45, 7) is 3.74. The molecule has 0 radical (unpaired) electrons. The quantitative estimate of drug-likeness (QED) is 0.791. The second-order valence-electron chi connectivity index (χ2n) is 4.93. The largest absolute Gasteiger partial charge is 0.458 e. The van der Waals surface area contributed by atoms with Crippen LogP contribution in [0.5, 0.6) is 0 Å². The van der Waals surface area contributed by atoms with Crippen LogP contribution < -0.4 is 5.32 Å². The van der Waals surface area contributed by atoms with E-state index < -0.39 is 5.60 Å². The van der Waals surface area contributed by atoms with Crippen molar-refractivity contribution >= 4 is 11.0 Å². The molecule has 1 aromatic heterocycles. The highest BCUT2D eigenvalue weighted by molar-refractivity contribution is 5.78. The molecule has 90 valence electrons. The minimum absolute atomic E-state index is 0.708. The lowest BCUT2D eigenvalue weighted by Crippen LogP contribution is -2.39. The van der Waals surface area contributed by atoms with Crippen molar-refractivity contribution < 1.29 is 9.52 Å². The molecular formula is C14H17NO2. The maximum Gasteiger partial charge on any atom is 0.136 e. The first-order valence-electron chi connectivity index (χ1n) is 6.11. The molecule has 3 rings (SSSR count). The first kappa shape index (κ1) is 10.8. The molecule has 1 aromatic carbocycles. The van der Waals surface area contributed by atoms with Crippen molar-refractivity contribution in [1.82, 2.24) is 5.32 Å². The summed E-state index contributed by atoms with van der Waals surface area (Å²) < 4.78 is 5.79. The van der Waals surface area contributed by atoms with Crippen LogP contribution in [0, 0.1) is 6.92 Å². The molecule has 3 nitrogen and oxygen atoms in total. The van der Waals surface area contributed by atoms with Gasteiger partial charge in [-0.2, -0.15) is 0 Å². The Hall–Kier alpha value is -1.32. The van der Waals surface area contributed by atoms with Gasteiger partial charge in [-0.1, -0.05) is 11.6 Å². The topological polar surface area (TPSA) is 45.4 Å². The van der Waals surface area contributed by atoms with Gasteiger partial charge in [0.1, 0.15) is 16.9 Å². The molecule has 0 aliphatic carbocycles. The minimum atomic E-state index is -0.793. The Bertz CT molecular complexity index is 538. The van der Waals surface area contributed by atoms with Gasteiger partial charge in [0.2, 0.25) is 0 Å².